The van der Waals surface area contributed by atoms with Crippen molar-refractivity contribution in [2.45, 2.75) is 12.7 Å². The Morgan fingerprint density at radius 1 is 1.29 bits per heavy atom. The molecular formula is C11H7F3INO. The van der Waals surface area contributed by atoms with E-state index in [0.717, 1.165) is 0 Å². The second-order valence-corrected chi connectivity index (χ2v) is 4.71. The molecular weight excluding hydrogens is 346 g/mol. The lowest BCUT2D eigenvalue weighted by Gasteiger charge is -2.10. The van der Waals surface area contributed by atoms with Gasteiger partial charge in [0.15, 0.2) is 0 Å². The van der Waals surface area contributed by atoms with Crippen molar-refractivity contribution in [3.05, 3.63) is 33.5 Å². The number of nitrogens with zero attached hydrogens (tertiary/aromatic N) is 1. The number of fused-ring (bicyclic) bond motifs is 1. The summed E-state index contributed by atoms with van der Waals surface area (Å²) in [5, 5.41) is 0.642. The predicted molar refractivity (Wildman–Crippen MR) is 66.1 cm³/mol. The van der Waals surface area contributed by atoms with E-state index in [-0.39, 0.29) is 0 Å². The molecule has 1 heterocycles. The standard InChI is InChI=1S/C11H7F3INO/c12-11(13,14)6-16-9-2-1-7(5-17)3-8(9)4-10(16)15/h1-5H,6H2. The summed E-state index contributed by atoms with van der Waals surface area (Å²) in [6.07, 6.45) is -3.58. The fourth-order valence-electron chi connectivity index (χ4n) is 1.67. The van der Waals surface area contributed by atoms with Gasteiger partial charge in [-0.3, -0.25) is 4.79 Å². The van der Waals surface area contributed by atoms with Gasteiger partial charge in [-0.2, -0.15) is 13.2 Å². The molecule has 0 amide bonds. The summed E-state index contributed by atoms with van der Waals surface area (Å²) in [6.45, 7) is -1.02. The van der Waals surface area contributed by atoms with Crippen molar-refractivity contribution in [3.63, 3.8) is 0 Å². The van der Waals surface area contributed by atoms with Crippen LogP contribution in [0.5, 0.6) is 0 Å². The van der Waals surface area contributed by atoms with E-state index in [1.54, 1.807) is 12.1 Å². The number of halogens is 4. The Kier molecular flexibility index (Phi) is 3.15. The number of aldehydes is 1. The summed E-state index contributed by atoms with van der Waals surface area (Å²) in [6, 6.07) is 6.26. The van der Waals surface area contributed by atoms with E-state index in [0.29, 0.717) is 26.5 Å². The van der Waals surface area contributed by atoms with Crippen LogP contribution in [0.25, 0.3) is 10.9 Å². The molecule has 2 nitrogen and oxygen atoms in total. The first-order valence-corrected chi connectivity index (χ1v) is 5.79. The molecule has 17 heavy (non-hydrogen) atoms. The van der Waals surface area contributed by atoms with Crippen LogP contribution in [0.2, 0.25) is 0 Å². The molecule has 0 radical (unpaired) electrons. The lowest BCUT2D eigenvalue weighted by molar-refractivity contribution is -0.140. The molecule has 0 bridgehead atoms. The number of rotatable bonds is 2. The Morgan fingerprint density at radius 2 is 2.00 bits per heavy atom. The van der Waals surface area contributed by atoms with Crippen LogP contribution >= 0.6 is 22.6 Å². The van der Waals surface area contributed by atoms with Gasteiger partial charge < -0.3 is 4.57 Å². The molecule has 0 atom stereocenters. The molecule has 6 heteroatoms. The molecule has 0 aliphatic heterocycles. The maximum Gasteiger partial charge on any atom is 0.406 e. The third-order valence-electron chi connectivity index (χ3n) is 2.35. The second-order valence-electron chi connectivity index (χ2n) is 3.60. The van der Waals surface area contributed by atoms with Crippen molar-refractivity contribution in [1.82, 2.24) is 4.57 Å². The maximum atomic E-state index is 12.4. The summed E-state index contributed by atoms with van der Waals surface area (Å²) >= 11 is 1.85. The molecule has 0 aliphatic rings. The van der Waals surface area contributed by atoms with Gasteiger partial charge in [0, 0.05) is 16.5 Å². The Bertz CT molecular complexity index is 574. The fourth-order valence-corrected chi connectivity index (χ4v) is 2.43. The van der Waals surface area contributed by atoms with Crippen molar-refractivity contribution >= 4 is 39.8 Å². The number of hydrogen-bond donors (Lipinski definition) is 0. The van der Waals surface area contributed by atoms with Gasteiger partial charge in [0.1, 0.15) is 12.8 Å². The summed E-state index contributed by atoms with van der Waals surface area (Å²) in [5.74, 6) is 0. The van der Waals surface area contributed by atoms with Gasteiger partial charge in [-0.05, 0) is 46.9 Å². The molecule has 2 aromatic rings. The normalized spacial score (nSPS) is 12.0. The molecule has 1 aromatic carbocycles. The monoisotopic (exact) mass is 353 g/mol. The largest absolute Gasteiger partial charge is 0.406 e. The average Bonchev–Trinajstić information content (AvgIpc) is 2.52. The van der Waals surface area contributed by atoms with E-state index in [1.165, 1.54) is 16.7 Å². The molecule has 0 saturated carbocycles. The van der Waals surface area contributed by atoms with E-state index in [4.69, 9.17) is 0 Å². The highest BCUT2D eigenvalue weighted by Crippen LogP contribution is 2.26. The molecule has 0 unspecified atom stereocenters. The molecule has 0 spiro atoms. The number of alkyl halides is 3. The summed E-state index contributed by atoms with van der Waals surface area (Å²) in [5.41, 5.74) is 0.940. The molecule has 0 aliphatic carbocycles. The van der Waals surface area contributed by atoms with E-state index >= 15 is 0 Å². The van der Waals surface area contributed by atoms with Crippen molar-refractivity contribution in [1.29, 1.82) is 0 Å². The van der Waals surface area contributed by atoms with Crippen LogP contribution in [-0.2, 0) is 6.54 Å². The van der Waals surface area contributed by atoms with Crippen LogP contribution in [0, 0.1) is 3.70 Å². The Balaban J connectivity index is 2.56. The zero-order valence-corrected chi connectivity index (χ0v) is 10.6. The van der Waals surface area contributed by atoms with Crippen LogP contribution in [-0.4, -0.2) is 17.0 Å². The number of hydrogen-bond acceptors (Lipinski definition) is 1. The van der Waals surface area contributed by atoms with E-state index < -0.39 is 12.7 Å². The molecule has 0 N–H and O–H groups in total. The molecule has 1 aromatic heterocycles. The summed E-state index contributed by atoms with van der Waals surface area (Å²) < 4.78 is 38.9. The van der Waals surface area contributed by atoms with Crippen molar-refractivity contribution in [2.75, 3.05) is 0 Å². The lowest BCUT2D eigenvalue weighted by Crippen LogP contribution is -2.18. The minimum atomic E-state index is -4.25. The topological polar surface area (TPSA) is 22.0 Å². The fraction of sp³-hybridized carbons (Fsp3) is 0.182. The Labute approximate surface area is 109 Å². The van der Waals surface area contributed by atoms with E-state index in [9.17, 15) is 18.0 Å². The quantitative estimate of drug-likeness (QED) is 0.597. The first-order valence-electron chi connectivity index (χ1n) is 4.71. The molecule has 0 fully saturated rings. The second kappa shape index (κ2) is 4.32. The lowest BCUT2D eigenvalue weighted by atomic mass is 10.2. The van der Waals surface area contributed by atoms with Gasteiger partial charge in [-0.1, -0.05) is 0 Å². The van der Waals surface area contributed by atoms with E-state index in [1.807, 2.05) is 22.6 Å². The highest BCUT2D eigenvalue weighted by Gasteiger charge is 2.29. The zero-order valence-electron chi connectivity index (χ0n) is 8.46. The molecule has 90 valence electrons. The molecule has 2 rings (SSSR count). The minimum absolute atomic E-state index is 0.457. The zero-order chi connectivity index (χ0) is 12.6. The van der Waals surface area contributed by atoms with Gasteiger partial charge >= 0.3 is 6.18 Å². The van der Waals surface area contributed by atoms with Gasteiger partial charge in [-0.15, -0.1) is 0 Å². The first kappa shape index (κ1) is 12.4. The minimum Gasteiger partial charge on any atom is -0.327 e. The number of carbonyl (C=O) groups is 1. The number of carbonyl (C=O) groups excluding carboxylic acids is 1. The van der Waals surface area contributed by atoms with Crippen LogP contribution in [0.15, 0.2) is 24.3 Å². The first-order chi connectivity index (χ1) is 7.90. The smallest absolute Gasteiger partial charge is 0.327 e. The van der Waals surface area contributed by atoms with Crippen LogP contribution in [0.3, 0.4) is 0 Å². The SMILES string of the molecule is O=Cc1ccc2c(c1)cc(I)n2CC(F)(F)F. The van der Waals surface area contributed by atoms with Crippen molar-refractivity contribution in [3.8, 4) is 0 Å². The van der Waals surface area contributed by atoms with Crippen molar-refractivity contribution < 1.29 is 18.0 Å². The van der Waals surface area contributed by atoms with Crippen LogP contribution in [0.1, 0.15) is 10.4 Å². The Hall–Kier alpha value is -1.05. The van der Waals surface area contributed by atoms with Gasteiger partial charge in [-0.25, -0.2) is 0 Å². The highest BCUT2D eigenvalue weighted by molar-refractivity contribution is 14.1. The summed E-state index contributed by atoms with van der Waals surface area (Å²) in [7, 11) is 0. The highest BCUT2D eigenvalue weighted by atomic mass is 127. The summed E-state index contributed by atoms with van der Waals surface area (Å²) in [4.78, 5) is 10.6. The van der Waals surface area contributed by atoms with Crippen molar-refractivity contribution in [2.24, 2.45) is 0 Å². The maximum absolute atomic E-state index is 12.4. The predicted octanol–water partition coefficient (Wildman–Crippen LogP) is 3.62. The average molecular weight is 353 g/mol. The van der Waals surface area contributed by atoms with Gasteiger partial charge in [0.2, 0.25) is 0 Å². The number of aromatic nitrogens is 1. The van der Waals surface area contributed by atoms with Gasteiger partial charge in [0.05, 0.1) is 3.70 Å². The van der Waals surface area contributed by atoms with E-state index in [2.05, 4.69) is 0 Å². The van der Waals surface area contributed by atoms with Crippen LogP contribution in [0.4, 0.5) is 13.2 Å². The Morgan fingerprint density at radius 3 is 2.59 bits per heavy atom. The van der Waals surface area contributed by atoms with Gasteiger partial charge in [0.25, 0.3) is 0 Å². The van der Waals surface area contributed by atoms with Crippen LogP contribution < -0.4 is 0 Å². The number of benzene rings is 1. The third kappa shape index (κ3) is 2.62. The molecule has 0 saturated heterocycles. The third-order valence-corrected chi connectivity index (χ3v) is 3.24.